The summed E-state index contributed by atoms with van der Waals surface area (Å²) in [5.74, 6) is 0.165. The van der Waals surface area contributed by atoms with Gasteiger partial charge in [-0.25, -0.2) is 0 Å². The van der Waals surface area contributed by atoms with Crippen LogP contribution >= 0.6 is 0 Å². The Kier molecular flexibility index (Phi) is 4.32. The van der Waals surface area contributed by atoms with Crippen molar-refractivity contribution in [3.63, 3.8) is 0 Å². The first kappa shape index (κ1) is 15.5. The van der Waals surface area contributed by atoms with Crippen LogP contribution in [0.25, 0.3) is 0 Å². The van der Waals surface area contributed by atoms with Gasteiger partial charge < -0.3 is 16.4 Å². The Balaban J connectivity index is 2.03. The van der Waals surface area contributed by atoms with Gasteiger partial charge in [-0.05, 0) is 49.4 Å². The maximum atomic E-state index is 12.0. The van der Waals surface area contributed by atoms with Crippen molar-refractivity contribution < 1.29 is 9.59 Å². The molecule has 0 aliphatic heterocycles. The van der Waals surface area contributed by atoms with Crippen molar-refractivity contribution in [1.82, 2.24) is 5.32 Å². The van der Waals surface area contributed by atoms with Crippen molar-refractivity contribution in [2.75, 3.05) is 11.9 Å². The summed E-state index contributed by atoms with van der Waals surface area (Å²) in [6.45, 7) is 6.60. The normalized spacial score (nSPS) is 15.7. The lowest BCUT2D eigenvalue weighted by Gasteiger charge is -2.13. The summed E-state index contributed by atoms with van der Waals surface area (Å²) >= 11 is 0. The fourth-order valence-electron chi connectivity index (χ4n) is 1.95. The van der Waals surface area contributed by atoms with Crippen LogP contribution < -0.4 is 16.4 Å². The third kappa shape index (κ3) is 3.82. The zero-order valence-corrected chi connectivity index (χ0v) is 12.8. The highest BCUT2D eigenvalue weighted by Crippen LogP contribution is 2.33. The number of rotatable bonds is 5. The first-order valence-corrected chi connectivity index (χ1v) is 7.31. The first-order valence-electron chi connectivity index (χ1n) is 7.31. The largest absolute Gasteiger partial charge is 0.352 e. The first-order chi connectivity index (χ1) is 9.82. The predicted molar refractivity (Wildman–Crippen MR) is 83.1 cm³/mol. The molecule has 0 radical (unpaired) electrons. The lowest BCUT2D eigenvalue weighted by Crippen LogP contribution is -2.38. The Morgan fingerprint density at radius 2 is 2.00 bits per heavy atom. The molecule has 0 spiro atoms. The SMILES string of the molecule is Cc1cc(C(=O)NCC(C)C)ccc1NC(=O)C1(N)CC1. The van der Waals surface area contributed by atoms with Crippen LogP contribution in [0.3, 0.4) is 0 Å². The van der Waals surface area contributed by atoms with E-state index in [1.807, 2.05) is 20.8 Å². The van der Waals surface area contributed by atoms with Gasteiger partial charge in [-0.2, -0.15) is 0 Å². The molecule has 2 rings (SSSR count). The Morgan fingerprint density at radius 3 is 2.52 bits per heavy atom. The minimum absolute atomic E-state index is 0.0952. The summed E-state index contributed by atoms with van der Waals surface area (Å²) in [4.78, 5) is 23.9. The number of hydrogen-bond acceptors (Lipinski definition) is 3. The van der Waals surface area contributed by atoms with Gasteiger partial charge in [-0.15, -0.1) is 0 Å². The van der Waals surface area contributed by atoms with Crippen LogP contribution in [0.15, 0.2) is 18.2 Å². The quantitative estimate of drug-likeness (QED) is 0.773. The molecule has 1 aliphatic rings. The maximum absolute atomic E-state index is 12.0. The Hall–Kier alpha value is -1.88. The van der Waals surface area contributed by atoms with Gasteiger partial charge >= 0.3 is 0 Å². The summed E-state index contributed by atoms with van der Waals surface area (Å²) in [6.07, 6.45) is 1.46. The summed E-state index contributed by atoms with van der Waals surface area (Å²) < 4.78 is 0. The molecule has 1 fully saturated rings. The number of carbonyl (C=O) groups is 2. The number of nitrogens with two attached hydrogens (primary N) is 1. The summed E-state index contributed by atoms with van der Waals surface area (Å²) in [5.41, 5.74) is 7.32. The minimum Gasteiger partial charge on any atom is -0.352 e. The predicted octanol–water partition coefficient (Wildman–Crippen LogP) is 1.81. The van der Waals surface area contributed by atoms with E-state index in [-0.39, 0.29) is 11.8 Å². The number of aryl methyl sites for hydroxylation is 1. The van der Waals surface area contributed by atoms with Gasteiger partial charge in [0.25, 0.3) is 5.91 Å². The fourth-order valence-corrected chi connectivity index (χ4v) is 1.95. The third-order valence-corrected chi connectivity index (χ3v) is 3.65. The van der Waals surface area contributed by atoms with Gasteiger partial charge in [0.1, 0.15) is 0 Å². The van der Waals surface area contributed by atoms with Gasteiger partial charge in [-0.1, -0.05) is 13.8 Å². The molecule has 4 N–H and O–H groups in total. The molecule has 5 nitrogen and oxygen atoms in total. The molecule has 1 saturated carbocycles. The standard InChI is InChI=1S/C16H23N3O2/c1-10(2)9-18-14(20)12-4-5-13(11(3)8-12)19-15(21)16(17)6-7-16/h4-5,8,10H,6-7,9,17H2,1-3H3,(H,18,20)(H,19,21). The van der Waals surface area contributed by atoms with Crippen LogP contribution in [-0.2, 0) is 4.79 Å². The number of amides is 2. The highest BCUT2D eigenvalue weighted by molar-refractivity contribution is 6.01. The molecule has 0 unspecified atom stereocenters. The summed E-state index contributed by atoms with van der Waals surface area (Å²) in [7, 11) is 0. The van der Waals surface area contributed by atoms with Crippen molar-refractivity contribution in [3.05, 3.63) is 29.3 Å². The molecule has 5 heteroatoms. The van der Waals surface area contributed by atoms with Crippen molar-refractivity contribution >= 4 is 17.5 Å². The minimum atomic E-state index is -0.695. The van der Waals surface area contributed by atoms with Crippen LogP contribution in [-0.4, -0.2) is 23.9 Å². The maximum Gasteiger partial charge on any atom is 0.251 e. The second kappa shape index (κ2) is 5.85. The Bertz CT molecular complexity index is 563. The van der Waals surface area contributed by atoms with E-state index < -0.39 is 5.54 Å². The van der Waals surface area contributed by atoms with E-state index in [1.165, 1.54) is 0 Å². The molecular formula is C16H23N3O2. The molecule has 0 saturated heterocycles. The zero-order chi connectivity index (χ0) is 15.6. The van der Waals surface area contributed by atoms with Crippen LogP contribution in [0.4, 0.5) is 5.69 Å². The smallest absolute Gasteiger partial charge is 0.251 e. The van der Waals surface area contributed by atoms with Crippen LogP contribution in [0.1, 0.15) is 42.6 Å². The lowest BCUT2D eigenvalue weighted by atomic mass is 10.1. The van der Waals surface area contributed by atoms with E-state index in [9.17, 15) is 9.59 Å². The molecule has 0 atom stereocenters. The topological polar surface area (TPSA) is 84.2 Å². The van der Waals surface area contributed by atoms with E-state index >= 15 is 0 Å². The lowest BCUT2D eigenvalue weighted by molar-refractivity contribution is -0.118. The van der Waals surface area contributed by atoms with E-state index in [0.29, 0.717) is 23.7 Å². The monoisotopic (exact) mass is 289 g/mol. The van der Waals surface area contributed by atoms with Gasteiger partial charge in [0.05, 0.1) is 5.54 Å². The van der Waals surface area contributed by atoms with Crippen LogP contribution in [0.5, 0.6) is 0 Å². The summed E-state index contributed by atoms with van der Waals surface area (Å²) in [5, 5.41) is 5.71. The molecular weight excluding hydrogens is 266 g/mol. The van der Waals surface area contributed by atoms with Crippen molar-refractivity contribution in [2.45, 2.75) is 39.2 Å². The number of carbonyl (C=O) groups excluding carboxylic acids is 2. The average Bonchev–Trinajstić information content (AvgIpc) is 3.17. The van der Waals surface area contributed by atoms with E-state index in [1.54, 1.807) is 18.2 Å². The molecule has 2 amide bonds. The second-order valence-corrected chi connectivity index (χ2v) is 6.24. The van der Waals surface area contributed by atoms with Crippen molar-refractivity contribution in [1.29, 1.82) is 0 Å². The van der Waals surface area contributed by atoms with Crippen LogP contribution in [0, 0.1) is 12.8 Å². The molecule has 1 aromatic rings. The van der Waals surface area contributed by atoms with E-state index in [2.05, 4.69) is 10.6 Å². The molecule has 0 aromatic heterocycles. The molecule has 1 aliphatic carbocycles. The highest BCUT2D eigenvalue weighted by Gasteiger charge is 2.46. The molecule has 114 valence electrons. The van der Waals surface area contributed by atoms with Crippen molar-refractivity contribution in [3.8, 4) is 0 Å². The van der Waals surface area contributed by atoms with Gasteiger partial charge in [0.15, 0.2) is 0 Å². The van der Waals surface area contributed by atoms with Crippen molar-refractivity contribution in [2.24, 2.45) is 11.7 Å². The third-order valence-electron chi connectivity index (χ3n) is 3.65. The van der Waals surface area contributed by atoms with Gasteiger partial charge in [0.2, 0.25) is 5.91 Å². The number of nitrogens with one attached hydrogen (secondary N) is 2. The Morgan fingerprint density at radius 1 is 1.33 bits per heavy atom. The average molecular weight is 289 g/mol. The number of benzene rings is 1. The molecule has 0 heterocycles. The highest BCUT2D eigenvalue weighted by atomic mass is 16.2. The Labute approximate surface area is 125 Å². The van der Waals surface area contributed by atoms with Gasteiger partial charge in [0, 0.05) is 17.8 Å². The molecule has 1 aromatic carbocycles. The zero-order valence-electron chi connectivity index (χ0n) is 12.8. The summed E-state index contributed by atoms with van der Waals surface area (Å²) in [6, 6.07) is 5.25. The molecule has 0 bridgehead atoms. The molecule has 21 heavy (non-hydrogen) atoms. The fraction of sp³-hybridized carbons (Fsp3) is 0.500. The number of hydrogen-bond donors (Lipinski definition) is 3. The second-order valence-electron chi connectivity index (χ2n) is 6.24. The number of anilines is 1. The van der Waals surface area contributed by atoms with E-state index in [0.717, 1.165) is 18.4 Å². The van der Waals surface area contributed by atoms with Crippen LogP contribution in [0.2, 0.25) is 0 Å². The van der Waals surface area contributed by atoms with E-state index in [4.69, 9.17) is 5.73 Å². The van der Waals surface area contributed by atoms with Gasteiger partial charge in [-0.3, -0.25) is 9.59 Å².